The van der Waals surface area contributed by atoms with Gasteiger partial charge in [0.1, 0.15) is 0 Å². The predicted molar refractivity (Wildman–Crippen MR) is 31.5 cm³/mol. The summed E-state index contributed by atoms with van der Waals surface area (Å²) < 4.78 is 29.0. The Morgan fingerprint density at radius 2 is 0.857 bits per heavy atom. The van der Waals surface area contributed by atoms with Crippen molar-refractivity contribution in [2.24, 2.45) is 0 Å². The molecule has 0 aromatic rings. The van der Waals surface area contributed by atoms with Gasteiger partial charge in [0.2, 0.25) is 0 Å². The Labute approximate surface area is 70.8 Å². The first kappa shape index (κ1) is 24.0. The third-order valence-corrected chi connectivity index (χ3v) is 0. The Balaban J connectivity index is -0.0000000150. The van der Waals surface area contributed by atoms with E-state index < -0.39 is 6.68 Å². The van der Waals surface area contributed by atoms with E-state index in [2.05, 4.69) is 0 Å². The van der Waals surface area contributed by atoms with Gasteiger partial charge in [0.25, 0.3) is 0 Å². The average molecular weight is 355 g/mol. The van der Waals surface area contributed by atoms with Crippen LogP contribution in [-0.2, 0) is 0 Å². The fourth-order valence-electron chi connectivity index (χ4n) is 0. The van der Waals surface area contributed by atoms with Crippen molar-refractivity contribution in [3.8, 4) is 0 Å². The van der Waals surface area contributed by atoms with Gasteiger partial charge in [-0.05, 0) is 0 Å². The molecule has 0 bridgehead atoms. The summed E-state index contributed by atoms with van der Waals surface area (Å²) >= 11 is 0. The van der Waals surface area contributed by atoms with E-state index in [0.717, 1.165) is 0 Å². The number of halogens is 5. The Bertz CT molecular complexity index is 17.7. The molecule has 0 atom stereocenters. The summed E-state index contributed by atoms with van der Waals surface area (Å²) in [4.78, 5) is 0. The molecule has 50 valence electrons. The van der Waals surface area contributed by atoms with Crippen LogP contribution in [0.15, 0.2) is 0 Å². The third kappa shape index (κ3) is 127. The molecule has 0 saturated carbocycles. The van der Waals surface area contributed by atoms with Crippen LogP contribution in [0.25, 0.3) is 0 Å². The summed E-state index contributed by atoms with van der Waals surface area (Å²) in [7, 11) is 0. The van der Waals surface area contributed by atoms with Crippen molar-refractivity contribution in [2.75, 3.05) is 0 Å². The van der Waals surface area contributed by atoms with E-state index in [1.807, 2.05) is 0 Å². The second kappa shape index (κ2) is 15.7. The molecular formula is CH6BiCl2F3. The van der Waals surface area contributed by atoms with Crippen LogP contribution in [0, 0.1) is 0 Å². The zero-order valence-electron chi connectivity index (χ0n) is 3.23. The van der Waals surface area contributed by atoms with Gasteiger partial charge in [-0.15, -0.1) is 24.8 Å². The first-order valence-electron chi connectivity index (χ1n) is 0.655. The van der Waals surface area contributed by atoms with Crippen LogP contribution < -0.4 is 0 Å². The van der Waals surface area contributed by atoms with Gasteiger partial charge in [0.15, 0.2) is 0 Å². The van der Waals surface area contributed by atoms with E-state index in [-0.39, 0.29) is 51.0 Å². The Morgan fingerprint density at radius 3 is 0.857 bits per heavy atom. The van der Waals surface area contributed by atoms with E-state index in [0.29, 0.717) is 0 Å². The van der Waals surface area contributed by atoms with Crippen molar-refractivity contribution < 1.29 is 13.2 Å². The van der Waals surface area contributed by atoms with E-state index in [4.69, 9.17) is 0 Å². The summed E-state index contributed by atoms with van der Waals surface area (Å²) in [6.07, 6.45) is 0. The van der Waals surface area contributed by atoms with Gasteiger partial charge in [0.05, 0.1) is 0 Å². The van der Waals surface area contributed by atoms with Crippen LogP contribution in [0.4, 0.5) is 13.2 Å². The van der Waals surface area contributed by atoms with Gasteiger partial charge in [-0.3, -0.25) is 0 Å². The molecule has 0 fully saturated rings. The molecule has 0 aliphatic carbocycles. The molecule has 0 unspecified atom stereocenters. The predicted octanol–water partition coefficient (Wildman–Crippen LogP) is 0.838. The minimum atomic E-state index is -3.67. The summed E-state index contributed by atoms with van der Waals surface area (Å²) in [5, 5.41) is 0. The normalized spacial score (nSPS) is 5.14. The first-order chi connectivity index (χ1) is 1.73. The molecule has 0 radical (unpaired) electrons. The molecule has 0 amide bonds. The second-order valence-electron chi connectivity index (χ2n) is 0.247. The number of rotatable bonds is 0. The molecule has 0 aromatic carbocycles. The second-order valence-corrected chi connectivity index (χ2v) is 0.247. The molecule has 0 aromatic heterocycles. The zero-order valence-corrected chi connectivity index (χ0v) is 10.4. The zero-order chi connectivity index (χ0) is 3.58. The minimum absolute atomic E-state index is 0. The van der Waals surface area contributed by atoms with Crippen molar-refractivity contribution in [3.05, 3.63) is 0 Å². The van der Waals surface area contributed by atoms with Gasteiger partial charge in [-0.1, -0.05) is 0 Å². The van der Waals surface area contributed by atoms with Crippen LogP contribution in [0.3, 0.4) is 0 Å². The topological polar surface area (TPSA) is 0 Å². The molecule has 0 aliphatic rings. The van der Waals surface area contributed by atoms with Crippen LogP contribution in [0.1, 0.15) is 0 Å². The standard InChI is InChI=1S/CHF3.Bi.2ClH.3H/c2-1(3)4;;;;;;/h1H;;2*1H;;;. The summed E-state index contributed by atoms with van der Waals surface area (Å²) in [5.41, 5.74) is 0. The molecule has 0 spiro atoms. The Kier molecular flexibility index (Phi) is 53.8. The van der Waals surface area contributed by atoms with Crippen molar-refractivity contribution in [3.63, 3.8) is 0 Å². The number of hydrogen-bond donors (Lipinski definition) is 0. The van der Waals surface area contributed by atoms with Crippen LogP contribution in [-0.4, -0.2) is 32.9 Å². The van der Waals surface area contributed by atoms with Crippen LogP contribution in [0.5, 0.6) is 0 Å². The maximum absolute atomic E-state index is 9.67. The van der Waals surface area contributed by atoms with Crippen molar-refractivity contribution in [1.29, 1.82) is 0 Å². The summed E-state index contributed by atoms with van der Waals surface area (Å²) in [6.45, 7) is -3.67. The molecule has 6 heteroatoms. The molecule has 0 rings (SSSR count). The van der Waals surface area contributed by atoms with Gasteiger partial charge in [-0.2, -0.15) is 13.2 Å². The fourth-order valence-corrected chi connectivity index (χ4v) is 0. The summed E-state index contributed by atoms with van der Waals surface area (Å²) in [5.74, 6) is 0. The van der Waals surface area contributed by atoms with Crippen LogP contribution >= 0.6 is 24.8 Å². The van der Waals surface area contributed by atoms with Gasteiger partial charge in [-0.25, -0.2) is 0 Å². The molecule has 0 nitrogen and oxygen atoms in total. The molecule has 0 saturated heterocycles. The van der Waals surface area contributed by atoms with Crippen molar-refractivity contribution >= 4 is 51.0 Å². The van der Waals surface area contributed by atoms with Crippen molar-refractivity contribution in [1.82, 2.24) is 0 Å². The van der Waals surface area contributed by atoms with Gasteiger partial charge >= 0.3 is 32.9 Å². The fraction of sp³-hybridized carbons (Fsp3) is 1.00. The van der Waals surface area contributed by atoms with E-state index in [1.54, 1.807) is 0 Å². The average Bonchev–Trinajstić information content (AvgIpc) is 0.811. The maximum atomic E-state index is 9.67. The quantitative estimate of drug-likeness (QED) is 0.565. The molecule has 0 heterocycles. The van der Waals surface area contributed by atoms with Crippen LogP contribution in [0.2, 0.25) is 0 Å². The Morgan fingerprint density at radius 1 is 0.857 bits per heavy atom. The van der Waals surface area contributed by atoms with E-state index in [1.165, 1.54) is 0 Å². The number of alkyl halides is 3. The van der Waals surface area contributed by atoms with Crippen molar-refractivity contribution in [2.45, 2.75) is 6.68 Å². The van der Waals surface area contributed by atoms with Gasteiger partial charge < -0.3 is 0 Å². The number of hydrogen-bond acceptors (Lipinski definition) is 0. The summed E-state index contributed by atoms with van der Waals surface area (Å²) in [6, 6.07) is 0. The molecule has 0 N–H and O–H groups in total. The van der Waals surface area contributed by atoms with E-state index in [9.17, 15) is 13.2 Å². The third-order valence-electron chi connectivity index (χ3n) is 0. The Hall–Kier alpha value is 1.25. The monoisotopic (exact) mass is 354 g/mol. The molecular weight excluding hydrogens is 349 g/mol. The molecule has 7 heavy (non-hydrogen) atoms. The van der Waals surface area contributed by atoms with Gasteiger partial charge in [0, 0.05) is 0 Å². The first-order valence-corrected chi connectivity index (χ1v) is 0.655. The SMILES string of the molecule is Cl.Cl.FC(F)F.[BiH3]. The molecule has 0 aliphatic heterocycles. The van der Waals surface area contributed by atoms with E-state index >= 15 is 0 Å².